The molecule has 0 unspecified atom stereocenters. The minimum Gasteiger partial charge on any atom is -0.352 e. The van der Waals surface area contributed by atoms with Gasteiger partial charge in [-0.05, 0) is 37.8 Å². The number of thiophene rings is 1. The number of hydrogen-bond acceptors (Lipinski definition) is 4. The first kappa shape index (κ1) is 18.4. The van der Waals surface area contributed by atoms with Crippen LogP contribution in [0, 0.1) is 12.8 Å². The van der Waals surface area contributed by atoms with Crippen LogP contribution in [-0.4, -0.2) is 60.4 Å². The molecular formula is C19H29N3O2S. The Hall–Kier alpha value is -1.40. The number of carbonyl (C=O) groups excluding carboxylic acids is 2. The van der Waals surface area contributed by atoms with E-state index in [4.69, 9.17) is 0 Å². The van der Waals surface area contributed by atoms with E-state index in [0.29, 0.717) is 31.6 Å². The highest BCUT2D eigenvalue weighted by molar-refractivity contribution is 7.13. The molecule has 1 aliphatic carbocycles. The molecule has 0 bridgehead atoms. The van der Waals surface area contributed by atoms with Crippen LogP contribution in [0.15, 0.2) is 12.1 Å². The third-order valence-electron chi connectivity index (χ3n) is 5.44. The van der Waals surface area contributed by atoms with Gasteiger partial charge in [-0.25, -0.2) is 0 Å². The monoisotopic (exact) mass is 363 g/mol. The zero-order valence-corrected chi connectivity index (χ0v) is 16.1. The van der Waals surface area contributed by atoms with E-state index < -0.39 is 0 Å². The molecule has 6 heteroatoms. The van der Waals surface area contributed by atoms with E-state index in [1.165, 1.54) is 19.3 Å². The lowest BCUT2D eigenvalue weighted by atomic mass is 9.86. The van der Waals surface area contributed by atoms with Crippen LogP contribution in [0.4, 0.5) is 0 Å². The molecule has 5 nitrogen and oxygen atoms in total. The Bertz CT molecular complexity index is 608. The highest BCUT2D eigenvalue weighted by Gasteiger charge is 2.26. The minimum absolute atomic E-state index is 0.123. The minimum atomic E-state index is 0.123. The van der Waals surface area contributed by atoms with E-state index in [1.54, 1.807) is 11.3 Å². The number of aryl methyl sites for hydroxylation is 1. The molecule has 1 aliphatic heterocycles. The van der Waals surface area contributed by atoms with Crippen LogP contribution in [0.1, 0.15) is 47.2 Å². The van der Waals surface area contributed by atoms with Gasteiger partial charge in [0, 0.05) is 37.1 Å². The molecule has 3 rings (SSSR count). The molecule has 2 heterocycles. The maximum absolute atomic E-state index is 12.5. The second-order valence-electron chi connectivity index (χ2n) is 7.41. The van der Waals surface area contributed by atoms with Crippen LogP contribution in [-0.2, 0) is 4.79 Å². The molecule has 2 aliphatic rings. The molecule has 0 aromatic carbocycles. The molecular weight excluding hydrogens is 334 g/mol. The van der Waals surface area contributed by atoms with Crippen molar-refractivity contribution in [2.75, 3.05) is 32.7 Å². The van der Waals surface area contributed by atoms with E-state index in [0.717, 1.165) is 29.3 Å². The molecule has 1 saturated carbocycles. The fourth-order valence-corrected chi connectivity index (χ4v) is 4.64. The number of piperazine rings is 1. The zero-order valence-electron chi connectivity index (χ0n) is 15.3. The Morgan fingerprint density at radius 1 is 1.16 bits per heavy atom. The molecule has 1 aromatic heterocycles. The number of nitrogens with one attached hydrogen (secondary N) is 1. The third-order valence-corrected chi connectivity index (χ3v) is 6.42. The van der Waals surface area contributed by atoms with E-state index >= 15 is 0 Å². The quantitative estimate of drug-likeness (QED) is 0.894. The Morgan fingerprint density at radius 2 is 1.88 bits per heavy atom. The molecule has 138 valence electrons. The fourth-order valence-electron chi connectivity index (χ4n) is 3.80. The van der Waals surface area contributed by atoms with E-state index in [1.807, 2.05) is 24.0 Å². The molecule has 0 spiro atoms. The highest BCUT2D eigenvalue weighted by Crippen LogP contribution is 2.23. The van der Waals surface area contributed by atoms with Gasteiger partial charge in [-0.3, -0.25) is 14.5 Å². The Labute approximate surface area is 154 Å². The van der Waals surface area contributed by atoms with Crippen molar-refractivity contribution in [3.8, 4) is 0 Å². The molecule has 0 radical (unpaired) electrons. The molecule has 2 atom stereocenters. The summed E-state index contributed by atoms with van der Waals surface area (Å²) in [5.74, 6) is 0.840. The number of rotatable bonds is 4. The summed E-state index contributed by atoms with van der Waals surface area (Å²) in [6, 6.07) is 4.24. The number of carbonyl (C=O) groups is 2. The summed E-state index contributed by atoms with van der Waals surface area (Å²) in [6.07, 6.45) is 4.83. The van der Waals surface area contributed by atoms with Crippen molar-refractivity contribution in [1.29, 1.82) is 0 Å². The number of amides is 2. The van der Waals surface area contributed by atoms with Crippen molar-refractivity contribution >= 4 is 23.2 Å². The lowest BCUT2D eigenvalue weighted by Gasteiger charge is -2.35. The Kier molecular flexibility index (Phi) is 6.12. The summed E-state index contributed by atoms with van der Waals surface area (Å²) >= 11 is 1.55. The van der Waals surface area contributed by atoms with Crippen LogP contribution in [0.5, 0.6) is 0 Å². The zero-order chi connectivity index (χ0) is 17.8. The fraction of sp³-hybridized carbons (Fsp3) is 0.684. The van der Waals surface area contributed by atoms with Gasteiger partial charge in [-0.15, -0.1) is 11.3 Å². The largest absolute Gasteiger partial charge is 0.352 e. The average Bonchev–Trinajstić information content (AvgIpc) is 3.03. The second-order valence-corrected chi connectivity index (χ2v) is 8.70. The molecule has 25 heavy (non-hydrogen) atoms. The number of hydrogen-bond donors (Lipinski definition) is 1. The van der Waals surface area contributed by atoms with Gasteiger partial charge in [-0.1, -0.05) is 19.8 Å². The smallest absolute Gasteiger partial charge is 0.264 e. The number of nitrogens with zero attached hydrogens (tertiary/aromatic N) is 2. The Balaban J connectivity index is 1.43. The predicted octanol–water partition coefficient (Wildman–Crippen LogP) is 2.51. The van der Waals surface area contributed by atoms with Crippen molar-refractivity contribution in [2.24, 2.45) is 5.92 Å². The van der Waals surface area contributed by atoms with Crippen LogP contribution in [0.3, 0.4) is 0 Å². The van der Waals surface area contributed by atoms with Gasteiger partial charge in [0.05, 0.1) is 11.4 Å². The molecule has 2 fully saturated rings. The van der Waals surface area contributed by atoms with Crippen LogP contribution >= 0.6 is 11.3 Å². The van der Waals surface area contributed by atoms with Crippen LogP contribution < -0.4 is 5.32 Å². The molecule has 1 N–H and O–H groups in total. The first-order chi connectivity index (χ1) is 12.0. The van der Waals surface area contributed by atoms with Crippen molar-refractivity contribution in [1.82, 2.24) is 15.1 Å². The van der Waals surface area contributed by atoms with Gasteiger partial charge in [0.1, 0.15) is 0 Å². The highest BCUT2D eigenvalue weighted by atomic mass is 32.1. The van der Waals surface area contributed by atoms with E-state index in [2.05, 4.69) is 17.1 Å². The summed E-state index contributed by atoms with van der Waals surface area (Å²) in [6.45, 7) is 7.63. The predicted molar refractivity (Wildman–Crippen MR) is 101 cm³/mol. The Morgan fingerprint density at radius 3 is 2.52 bits per heavy atom. The maximum Gasteiger partial charge on any atom is 0.264 e. The summed E-state index contributed by atoms with van der Waals surface area (Å²) in [7, 11) is 0. The van der Waals surface area contributed by atoms with Gasteiger partial charge in [0.15, 0.2) is 0 Å². The third kappa shape index (κ3) is 4.82. The second kappa shape index (κ2) is 8.32. The van der Waals surface area contributed by atoms with Crippen LogP contribution in [0.2, 0.25) is 0 Å². The summed E-state index contributed by atoms with van der Waals surface area (Å²) in [4.78, 5) is 30.9. The standard InChI is InChI=1S/C19H29N3O2S/c1-14-5-3-4-6-16(14)20-18(23)13-21-9-11-22(12-10-21)19(24)17-8-7-15(2)25-17/h7-8,14,16H,3-6,9-13H2,1-2H3,(H,20,23)/t14-,16+/m1/s1. The van der Waals surface area contributed by atoms with Crippen molar-refractivity contribution in [3.05, 3.63) is 21.9 Å². The molecule has 2 amide bonds. The van der Waals surface area contributed by atoms with Gasteiger partial charge >= 0.3 is 0 Å². The van der Waals surface area contributed by atoms with Crippen molar-refractivity contribution < 1.29 is 9.59 Å². The summed E-state index contributed by atoms with van der Waals surface area (Å²) in [5, 5.41) is 3.22. The van der Waals surface area contributed by atoms with E-state index in [-0.39, 0.29) is 11.8 Å². The first-order valence-corrected chi connectivity index (χ1v) is 10.2. The van der Waals surface area contributed by atoms with Crippen LogP contribution in [0.25, 0.3) is 0 Å². The SMILES string of the molecule is Cc1ccc(C(=O)N2CCN(CC(=O)N[C@H]3CCCC[C@H]3C)CC2)s1. The molecule has 1 aromatic rings. The summed E-state index contributed by atoms with van der Waals surface area (Å²) in [5.41, 5.74) is 0. The maximum atomic E-state index is 12.5. The molecule has 1 saturated heterocycles. The topological polar surface area (TPSA) is 52.7 Å². The average molecular weight is 364 g/mol. The van der Waals surface area contributed by atoms with Crippen molar-refractivity contribution in [3.63, 3.8) is 0 Å². The lowest BCUT2D eigenvalue weighted by Crippen LogP contribution is -2.52. The first-order valence-electron chi connectivity index (χ1n) is 9.40. The van der Waals surface area contributed by atoms with Gasteiger partial charge in [0.25, 0.3) is 5.91 Å². The van der Waals surface area contributed by atoms with Crippen molar-refractivity contribution in [2.45, 2.75) is 45.6 Å². The summed E-state index contributed by atoms with van der Waals surface area (Å²) < 4.78 is 0. The van der Waals surface area contributed by atoms with Gasteiger partial charge in [0.2, 0.25) is 5.91 Å². The van der Waals surface area contributed by atoms with E-state index in [9.17, 15) is 9.59 Å². The van der Waals surface area contributed by atoms with Gasteiger partial charge < -0.3 is 10.2 Å². The normalized spacial score (nSPS) is 25.0. The van der Waals surface area contributed by atoms with Gasteiger partial charge in [-0.2, -0.15) is 0 Å². The lowest BCUT2D eigenvalue weighted by molar-refractivity contribution is -0.123.